The molecule has 0 saturated carbocycles. The fourth-order valence-electron chi connectivity index (χ4n) is 6.29. The van der Waals surface area contributed by atoms with E-state index in [4.69, 9.17) is 9.47 Å². The van der Waals surface area contributed by atoms with Crippen molar-refractivity contribution in [1.82, 2.24) is 19.6 Å². The monoisotopic (exact) mass is 774 g/mol. The molecule has 0 radical (unpaired) electrons. The molecule has 0 bridgehead atoms. The molecule has 0 spiro atoms. The van der Waals surface area contributed by atoms with E-state index in [0.29, 0.717) is 21.7 Å². The number of thioether (sulfide) groups is 1. The molecule has 284 valence electrons. The van der Waals surface area contributed by atoms with Crippen molar-refractivity contribution in [3.8, 4) is 0 Å². The van der Waals surface area contributed by atoms with E-state index in [1.54, 1.807) is 0 Å². The Morgan fingerprint density at radius 1 is 1.06 bits per heavy atom. The molecule has 2 saturated heterocycles. The van der Waals surface area contributed by atoms with Crippen LogP contribution in [-0.4, -0.2) is 92.3 Å². The van der Waals surface area contributed by atoms with Gasteiger partial charge in [0, 0.05) is 72.2 Å². The second kappa shape index (κ2) is 15.9. The number of fused-ring (bicyclic) bond motifs is 1. The SMILES string of the molecule is CCS(=O)(=O)N(C)NC=C1C[C@H](SC2=C(C(=O)OCc3ccc([N+](=O)[O-])cc3)N3C(=O)[C@H](C(C)O)[C@H]3[C@H]2C)CN1C(=O)OCc1ccc([N+](=O)[O-])cc1. The predicted molar refractivity (Wildman–Crippen MR) is 189 cm³/mol. The van der Waals surface area contributed by atoms with Crippen LogP contribution in [0.4, 0.5) is 16.2 Å². The first-order chi connectivity index (χ1) is 25.0. The number of likely N-dealkylation sites (tertiary alicyclic amines) is 1. The van der Waals surface area contributed by atoms with Crippen LogP contribution in [0, 0.1) is 32.1 Å². The molecule has 2 aromatic carbocycles. The van der Waals surface area contributed by atoms with E-state index in [2.05, 4.69) is 5.43 Å². The molecule has 3 aliphatic heterocycles. The lowest BCUT2D eigenvalue weighted by molar-refractivity contribution is -0.385. The molecule has 2 aromatic rings. The van der Waals surface area contributed by atoms with Gasteiger partial charge >= 0.3 is 12.1 Å². The quantitative estimate of drug-likeness (QED) is 0.121. The lowest BCUT2D eigenvalue weighted by Crippen LogP contribution is -2.63. The number of nitrogens with zero attached hydrogens (tertiary/aromatic N) is 5. The fraction of sp³-hybridized carbons (Fsp3) is 0.424. The number of allylic oxidation sites excluding steroid dienone is 1. The summed E-state index contributed by atoms with van der Waals surface area (Å²) in [5.41, 5.74) is 3.78. The molecule has 1 unspecified atom stereocenters. The number of aliphatic hydroxyl groups excluding tert-OH is 1. The molecule has 3 aliphatic rings. The van der Waals surface area contributed by atoms with Crippen LogP contribution in [0.5, 0.6) is 0 Å². The number of nitro benzene ring substituents is 2. The molecular weight excluding hydrogens is 737 g/mol. The highest BCUT2D eigenvalue weighted by Gasteiger charge is 2.60. The average Bonchev–Trinajstić information content (AvgIpc) is 3.64. The third kappa shape index (κ3) is 8.29. The Kier molecular flexibility index (Phi) is 11.8. The third-order valence-electron chi connectivity index (χ3n) is 9.21. The van der Waals surface area contributed by atoms with Gasteiger partial charge in [0.05, 0.1) is 33.7 Å². The highest BCUT2D eigenvalue weighted by Crippen LogP contribution is 2.52. The first-order valence-electron chi connectivity index (χ1n) is 16.5. The number of carbonyl (C=O) groups is 3. The van der Waals surface area contributed by atoms with Gasteiger partial charge in [0.15, 0.2) is 0 Å². The Labute approximate surface area is 308 Å². The number of ether oxygens (including phenoxy) is 2. The van der Waals surface area contributed by atoms with Crippen LogP contribution in [0.25, 0.3) is 0 Å². The Hall–Kier alpha value is -5.05. The van der Waals surface area contributed by atoms with Gasteiger partial charge in [0.25, 0.3) is 11.4 Å². The number of esters is 1. The number of carbonyl (C=O) groups excluding carboxylic acids is 3. The van der Waals surface area contributed by atoms with Crippen LogP contribution in [-0.2, 0) is 42.3 Å². The number of rotatable bonds is 14. The zero-order chi connectivity index (χ0) is 38.8. The Morgan fingerprint density at radius 2 is 1.60 bits per heavy atom. The molecule has 20 heteroatoms. The number of non-ortho nitro benzene ring substituents is 2. The molecule has 0 aliphatic carbocycles. The minimum atomic E-state index is -3.65. The second-order valence-corrected chi connectivity index (χ2v) is 16.3. The fourth-order valence-corrected chi connectivity index (χ4v) is 8.38. The summed E-state index contributed by atoms with van der Waals surface area (Å²) in [6.07, 6.45) is -0.195. The van der Waals surface area contributed by atoms with Gasteiger partial charge in [-0.15, -0.1) is 16.2 Å². The standard InChI is InChI=1S/C33H38N6O12S2/c1-5-53(48,49)35(4)34-15-25-14-26(16-36(25)33(43)51-18-22-8-12-24(13-9-22)39(46)47)52-30-19(2)28-27(20(3)40)31(41)37(28)29(30)32(42)50-17-21-6-10-23(11-7-21)38(44)45/h6-13,15,19-20,26-28,34,40H,5,14,16-18H2,1-4H3/t19-,20?,26+,27-,28-/m1/s1. The normalized spacial score (nSPS) is 22.5. The van der Waals surface area contributed by atoms with Crippen molar-refractivity contribution in [2.24, 2.45) is 11.8 Å². The molecule has 2 amide bonds. The zero-order valence-corrected chi connectivity index (χ0v) is 30.7. The second-order valence-electron chi connectivity index (χ2n) is 12.6. The van der Waals surface area contributed by atoms with Crippen molar-refractivity contribution in [1.29, 1.82) is 0 Å². The van der Waals surface area contributed by atoms with Gasteiger partial charge in [-0.3, -0.25) is 29.9 Å². The summed E-state index contributed by atoms with van der Waals surface area (Å²) in [6, 6.07) is 10.4. The van der Waals surface area contributed by atoms with Crippen molar-refractivity contribution in [3.63, 3.8) is 0 Å². The van der Waals surface area contributed by atoms with Crippen LogP contribution in [0.2, 0.25) is 0 Å². The summed E-state index contributed by atoms with van der Waals surface area (Å²) in [4.78, 5) is 64.5. The van der Waals surface area contributed by atoms with E-state index in [0.717, 1.165) is 4.41 Å². The van der Waals surface area contributed by atoms with E-state index < -0.39 is 67.1 Å². The molecule has 5 rings (SSSR count). The van der Waals surface area contributed by atoms with Crippen molar-refractivity contribution >= 4 is 51.1 Å². The highest BCUT2D eigenvalue weighted by molar-refractivity contribution is 8.03. The zero-order valence-electron chi connectivity index (χ0n) is 29.1. The summed E-state index contributed by atoms with van der Waals surface area (Å²) >= 11 is 1.25. The largest absolute Gasteiger partial charge is 0.456 e. The first kappa shape index (κ1) is 39.2. The van der Waals surface area contributed by atoms with Gasteiger partial charge in [0.2, 0.25) is 15.9 Å². The number of β-lactam (4-membered cyclic amide) rings is 1. The number of aliphatic hydroxyl groups is 1. The number of sulfonamides is 1. The van der Waals surface area contributed by atoms with Gasteiger partial charge in [-0.1, -0.05) is 6.92 Å². The molecule has 2 fully saturated rings. The lowest BCUT2D eigenvalue weighted by atomic mass is 9.79. The number of hydrazine groups is 1. The molecule has 18 nitrogen and oxygen atoms in total. The topological polar surface area (TPSA) is 232 Å². The molecular formula is C33H38N6O12S2. The van der Waals surface area contributed by atoms with Crippen molar-refractivity contribution in [2.75, 3.05) is 19.3 Å². The van der Waals surface area contributed by atoms with Crippen LogP contribution in [0.1, 0.15) is 38.3 Å². The summed E-state index contributed by atoms with van der Waals surface area (Å²) in [5, 5.41) is 32.0. The van der Waals surface area contributed by atoms with E-state index in [-0.39, 0.29) is 49.0 Å². The maximum atomic E-state index is 13.7. The smallest absolute Gasteiger partial charge is 0.414 e. The molecule has 53 heavy (non-hydrogen) atoms. The number of hydrogen-bond donors (Lipinski definition) is 2. The first-order valence-corrected chi connectivity index (χ1v) is 18.9. The summed E-state index contributed by atoms with van der Waals surface area (Å²) < 4.78 is 36.8. The van der Waals surface area contributed by atoms with Gasteiger partial charge in [0.1, 0.15) is 18.9 Å². The van der Waals surface area contributed by atoms with E-state index in [1.807, 2.05) is 6.92 Å². The van der Waals surface area contributed by atoms with Crippen molar-refractivity contribution in [3.05, 3.63) is 102 Å². The predicted octanol–water partition coefficient (Wildman–Crippen LogP) is 3.39. The third-order valence-corrected chi connectivity index (χ3v) is 12.3. The molecule has 3 heterocycles. The van der Waals surface area contributed by atoms with E-state index >= 15 is 0 Å². The Bertz CT molecular complexity index is 1950. The maximum Gasteiger partial charge on any atom is 0.414 e. The number of amides is 2. The molecule has 5 atom stereocenters. The van der Waals surface area contributed by atoms with Gasteiger partial charge in [-0.25, -0.2) is 18.0 Å². The van der Waals surface area contributed by atoms with Gasteiger partial charge in [-0.05, 0) is 49.2 Å². The Morgan fingerprint density at radius 3 is 2.11 bits per heavy atom. The summed E-state index contributed by atoms with van der Waals surface area (Å²) in [5.74, 6) is -2.60. The van der Waals surface area contributed by atoms with Gasteiger partial charge in [-0.2, -0.15) is 0 Å². The molecule has 0 aromatic heterocycles. The minimum absolute atomic E-state index is 0.00735. The highest BCUT2D eigenvalue weighted by atomic mass is 32.2. The molecule has 2 N–H and O–H groups in total. The van der Waals surface area contributed by atoms with Crippen molar-refractivity contribution in [2.45, 2.75) is 57.8 Å². The number of benzene rings is 2. The maximum absolute atomic E-state index is 13.7. The van der Waals surface area contributed by atoms with Gasteiger partial charge < -0.3 is 24.9 Å². The van der Waals surface area contributed by atoms with Crippen LogP contribution in [0.3, 0.4) is 0 Å². The van der Waals surface area contributed by atoms with Crippen LogP contribution < -0.4 is 5.43 Å². The minimum Gasteiger partial charge on any atom is -0.456 e. The van der Waals surface area contributed by atoms with E-state index in [1.165, 1.54) is 97.2 Å². The van der Waals surface area contributed by atoms with E-state index in [9.17, 15) is 48.1 Å². The van der Waals surface area contributed by atoms with Crippen LogP contribution in [0.15, 0.2) is 71.0 Å². The average molecular weight is 775 g/mol. The number of nitro groups is 2. The lowest BCUT2D eigenvalue weighted by Gasteiger charge is -2.46. The summed E-state index contributed by atoms with van der Waals surface area (Å²) in [6.45, 7) is 4.42. The van der Waals surface area contributed by atoms with Crippen LogP contribution >= 0.6 is 11.8 Å². The van der Waals surface area contributed by atoms with Crippen molar-refractivity contribution < 1.29 is 47.2 Å². The summed E-state index contributed by atoms with van der Waals surface area (Å²) in [7, 11) is -2.34. The number of hydrogen-bond acceptors (Lipinski definition) is 14. The Balaban J connectivity index is 1.39. The number of nitrogens with one attached hydrogen (secondary N) is 1.